The van der Waals surface area contributed by atoms with Crippen LogP contribution < -0.4 is 0 Å². The molecule has 0 bridgehead atoms. The minimum atomic E-state index is -1.62. The molecule has 0 spiro atoms. The van der Waals surface area contributed by atoms with Crippen LogP contribution in [0.2, 0.25) is 0 Å². The van der Waals surface area contributed by atoms with Gasteiger partial charge in [0.25, 0.3) is 0 Å². The molecule has 0 saturated heterocycles. The normalized spacial score (nSPS) is 10.5. The van der Waals surface area contributed by atoms with Crippen LogP contribution in [0.4, 0.5) is 0 Å². The first kappa shape index (κ1) is 21.8. The average Bonchev–Trinajstić information content (AvgIpc) is 2.72. The molecule has 0 aliphatic carbocycles. The van der Waals surface area contributed by atoms with Crippen molar-refractivity contribution in [2.45, 2.75) is 0 Å². The Morgan fingerprint density at radius 2 is 0.781 bits per heavy atom. The number of carboxylic acid groups (broad SMARTS) is 4. The highest BCUT2D eigenvalue weighted by Gasteiger charge is 2.25. The van der Waals surface area contributed by atoms with Crippen molar-refractivity contribution in [3.8, 4) is 33.8 Å². The maximum Gasteiger partial charge on any atom is 0.340 e. The molecular formula is C22H14O10. The molecule has 0 amide bonds. The van der Waals surface area contributed by atoms with Crippen LogP contribution >= 0.6 is 0 Å². The van der Waals surface area contributed by atoms with Crippen LogP contribution in [0.3, 0.4) is 0 Å². The summed E-state index contributed by atoms with van der Waals surface area (Å²) in [5, 5.41) is 57.5. The van der Waals surface area contributed by atoms with Crippen molar-refractivity contribution >= 4 is 23.9 Å². The van der Waals surface area contributed by atoms with Gasteiger partial charge >= 0.3 is 23.9 Å². The lowest BCUT2D eigenvalue weighted by molar-refractivity contribution is 0.0648. The molecule has 0 saturated carbocycles. The van der Waals surface area contributed by atoms with Gasteiger partial charge in [0.2, 0.25) is 0 Å². The number of rotatable bonds is 6. The number of hydrogen-bond donors (Lipinski definition) is 6. The van der Waals surface area contributed by atoms with Crippen molar-refractivity contribution in [3.05, 3.63) is 70.8 Å². The minimum absolute atomic E-state index is 0.0376. The van der Waals surface area contributed by atoms with Crippen molar-refractivity contribution in [1.29, 1.82) is 0 Å². The topological polar surface area (TPSA) is 190 Å². The SMILES string of the molecule is O=C(O)c1ccc(-c2ccc(-c3ccc(C(=O)O)c(C(=O)O)c3O)cc2)c(O)c1C(=O)O. The number of phenols is 2. The molecule has 6 N–H and O–H groups in total. The molecule has 32 heavy (non-hydrogen) atoms. The first-order chi connectivity index (χ1) is 15.0. The van der Waals surface area contributed by atoms with Crippen molar-refractivity contribution in [1.82, 2.24) is 0 Å². The highest BCUT2D eigenvalue weighted by atomic mass is 16.4. The quantitative estimate of drug-likeness (QED) is 0.333. The minimum Gasteiger partial charge on any atom is -0.506 e. The molecule has 0 aromatic heterocycles. The van der Waals surface area contributed by atoms with E-state index >= 15 is 0 Å². The van der Waals surface area contributed by atoms with Gasteiger partial charge in [-0.05, 0) is 35.4 Å². The molecule has 0 aliphatic rings. The van der Waals surface area contributed by atoms with Crippen molar-refractivity contribution in [3.63, 3.8) is 0 Å². The third-order valence-electron chi connectivity index (χ3n) is 4.75. The second-order valence-electron chi connectivity index (χ2n) is 6.57. The third kappa shape index (κ3) is 3.67. The summed E-state index contributed by atoms with van der Waals surface area (Å²) >= 11 is 0. The lowest BCUT2D eigenvalue weighted by atomic mass is 9.94. The molecule has 0 fully saturated rings. The molecule has 0 heterocycles. The molecule has 3 aromatic rings. The second-order valence-corrected chi connectivity index (χ2v) is 6.57. The summed E-state index contributed by atoms with van der Waals surface area (Å²) in [7, 11) is 0. The largest absolute Gasteiger partial charge is 0.506 e. The van der Waals surface area contributed by atoms with Crippen molar-refractivity contribution in [2.75, 3.05) is 0 Å². The maximum atomic E-state index is 11.4. The van der Waals surface area contributed by atoms with E-state index in [1.54, 1.807) is 0 Å². The third-order valence-corrected chi connectivity index (χ3v) is 4.75. The molecule has 10 nitrogen and oxygen atoms in total. The second kappa shape index (κ2) is 8.11. The van der Waals surface area contributed by atoms with E-state index in [0.717, 1.165) is 12.1 Å². The molecule has 3 aromatic carbocycles. The van der Waals surface area contributed by atoms with Crippen molar-refractivity contribution in [2.24, 2.45) is 0 Å². The van der Waals surface area contributed by atoms with Gasteiger partial charge in [-0.15, -0.1) is 0 Å². The highest BCUT2D eigenvalue weighted by Crippen LogP contribution is 2.38. The molecule has 3 rings (SSSR count). The number of aromatic hydroxyl groups is 2. The van der Waals surface area contributed by atoms with Gasteiger partial charge in [0.05, 0.1) is 11.1 Å². The summed E-state index contributed by atoms with van der Waals surface area (Å²) < 4.78 is 0. The number of carbonyl (C=O) groups is 4. The number of hydrogen-bond acceptors (Lipinski definition) is 6. The Morgan fingerprint density at radius 1 is 0.469 bits per heavy atom. The van der Waals surface area contributed by atoms with E-state index in [1.165, 1.54) is 36.4 Å². The van der Waals surface area contributed by atoms with Gasteiger partial charge in [0.15, 0.2) is 0 Å². The Morgan fingerprint density at radius 3 is 1.03 bits per heavy atom. The van der Waals surface area contributed by atoms with Crippen LogP contribution in [-0.4, -0.2) is 54.5 Å². The van der Waals surface area contributed by atoms with E-state index in [-0.39, 0.29) is 11.1 Å². The van der Waals surface area contributed by atoms with Gasteiger partial charge in [0.1, 0.15) is 22.6 Å². The summed E-state index contributed by atoms with van der Waals surface area (Å²) in [6, 6.07) is 10.3. The van der Waals surface area contributed by atoms with E-state index < -0.39 is 57.6 Å². The number of benzene rings is 3. The lowest BCUT2D eigenvalue weighted by Crippen LogP contribution is -2.09. The van der Waals surface area contributed by atoms with Gasteiger partial charge in [-0.3, -0.25) is 0 Å². The standard InChI is InChI=1S/C22H14O10/c23-17-11(5-7-13(19(25)26)15(17)21(29)30)9-1-2-10(4-3-9)12-6-8-14(20(27)28)16(18(12)24)22(31)32/h1-8,23-24H,(H,25,26)(H,27,28)(H,29,30)(H,31,32). The predicted octanol–water partition coefficient (Wildman–Crippen LogP) is 3.22. The summed E-state index contributed by atoms with van der Waals surface area (Å²) in [4.78, 5) is 45.3. The zero-order valence-corrected chi connectivity index (χ0v) is 15.9. The maximum absolute atomic E-state index is 11.4. The molecule has 0 aliphatic heterocycles. The zero-order chi connectivity index (χ0) is 23.7. The number of carboxylic acids is 4. The number of aromatic carboxylic acids is 4. The summed E-state index contributed by atoms with van der Waals surface area (Å²) in [5.41, 5.74) is -2.01. The monoisotopic (exact) mass is 438 g/mol. The Hall–Kier alpha value is -4.86. The van der Waals surface area contributed by atoms with Crippen LogP contribution in [0, 0.1) is 0 Å². The first-order valence-electron chi connectivity index (χ1n) is 8.80. The molecule has 0 radical (unpaired) electrons. The Balaban J connectivity index is 2.11. The predicted molar refractivity (Wildman–Crippen MR) is 108 cm³/mol. The fourth-order valence-corrected chi connectivity index (χ4v) is 3.27. The highest BCUT2D eigenvalue weighted by molar-refractivity contribution is 6.06. The fourth-order valence-electron chi connectivity index (χ4n) is 3.27. The van der Waals surface area contributed by atoms with Gasteiger partial charge < -0.3 is 30.6 Å². The van der Waals surface area contributed by atoms with Crippen LogP contribution in [0.5, 0.6) is 11.5 Å². The van der Waals surface area contributed by atoms with E-state index in [4.69, 9.17) is 10.2 Å². The molecule has 10 heteroatoms. The van der Waals surface area contributed by atoms with E-state index in [1.807, 2.05) is 0 Å². The Kier molecular flexibility index (Phi) is 5.53. The fraction of sp³-hybridized carbons (Fsp3) is 0. The van der Waals surface area contributed by atoms with Gasteiger partial charge in [0, 0.05) is 11.1 Å². The smallest absolute Gasteiger partial charge is 0.340 e. The lowest BCUT2D eigenvalue weighted by Gasteiger charge is -2.12. The Labute approximate surface area is 178 Å². The van der Waals surface area contributed by atoms with Crippen LogP contribution in [0.15, 0.2) is 48.5 Å². The van der Waals surface area contributed by atoms with E-state index in [2.05, 4.69) is 0 Å². The summed E-state index contributed by atoms with van der Waals surface area (Å²) in [5.74, 6) is -7.77. The van der Waals surface area contributed by atoms with Gasteiger partial charge in [-0.25, -0.2) is 19.2 Å². The van der Waals surface area contributed by atoms with Crippen LogP contribution in [0.1, 0.15) is 41.4 Å². The molecule has 0 atom stereocenters. The van der Waals surface area contributed by atoms with Gasteiger partial charge in [-0.2, -0.15) is 0 Å². The summed E-state index contributed by atoms with van der Waals surface area (Å²) in [6.45, 7) is 0. The molecule has 162 valence electrons. The van der Waals surface area contributed by atoms with Gasteiger partial charge in [-0.1, -0.05) is 24.3 Å². The van der Waals surface area contributed by atoms with E-state index in [0.29, 0.717) is 11.1 Å². The zero-order valence-electron chi connectivity index (χ0n) is 15.9. The molecule has 0 unspecified atom stereocenters. The van der Waals surface area contributed by atoms with E-state index in [9.17, 15) is 39.6 Å². The van der Waals surface area contributed by atoms with Crippen molar-refractivity contribution < 1.29 is 49.8 Å². The Bertz CT molecular complexity index is 1190. The summed E-state index contributed by atoms with van der Waals surface area (Å²) in [6.07, 6.45) is 0. The average molecular weight is 438 g/mol. The first-order valence-corrected chi connectivity index (χ1v) is 8.80. The van der Waals surface area contributed by atoms with Crippen LogP contribution in [0.25, 0.3) is 22.3 Å². The van der Waals surface area contributed by atoms with Crippen LogP contribution in [-0.2, 0) is 0 Å². The molecular weight excluding hydrogens is 424 g/mol.